The van der Waals surface area contributed by atoms with Crippen LogP contribution in [0, 0.1) is 6.92 Å². The molecule has 0 aliphatic heterocycles. The minimum Gasteiger partial charge on any atom is -0.363 e. The normalized spacial score (nSPS) is 22.1. The molecule has 1 aromatic heterocycles. The predicted octanol–water partition coefficient (Wildman–Crippen LogP) is 3.39. The van der Waals surface area contributed by atoms with Crippen molar-refractivity contribution in [2.45, 2.75) is 50.6 Å². The first-order chi connectivity index (χ1) is 11.7. The van der Waals surface area contributed by atoms with Crippen molar-refractivity contribution in [3.05, 3.63) is 40.4 Å². The number of carbonyl (C=O) groups is 1. The van der Waals surface area contributed by atoms with Gasteiger partial charge in [-0.1, -0.05) is 36.0 Å². The van der Waals surface area contributed by atoms with Gasteiger partial charge in [0.05, 0.1) is 0 Å². The van der Waals surface area contributed by atoms with Gasteiger partial charge in [-0.2, -0.15) is 0 Å². The Labute approximate surface area is 146 Å². The lowest BCUT2D eigenvalue weighted by Crippen LogP contribution is -2.37. The summed E-state index contributed by atoms with van der Waals surface area (Å²) in [6, 6.07) is 9.45. The maximum atomic E-state index is 10.7. The maximum Gasteiger partial charge on any atom is 0.205 e. The van der Waals surface area contributed by atoms with Gasteiger partial charge in [-0.25, -0.2) is 0 Å². The fraction of sp³-hybridized carbons (Fsp3) is 0.500. The van der Waals surface area contributed by atoms with Gasteiger partial charge in [0.1, 0.15) is 11.3 Å². The van der Waals surface area contributed by atoms with Crippen molar-refractivity contribution in [2.24, 2.45) is 0 Å². The van der Waals surface area contributed by atoms with E-state index in [2.05, 4.69) is 26.9 Å². The third-order valence-corrected chi connectivity index (χ3v) is 5.42. The minimum atomic E-state index is 0.639. The van der Waals surface area contributed by atoms with E-state index in [0.29, 0.717) is 12.0 Å². The molecule has 2 aliphatic rings. The molecular formula is C18H24N4OS. The van der Waals surface area contributed by atoms with Crippen LogP contribution in [0.1, 0.15) is 52.5 Å². The van der Waals surface area contributed by atoms with Gasteiger partial charge in [0.2, 0.25) is 5.13 Å². The lowest BCUT2D eigenvalue weighted by atomic mass is 9.93. The van der Waals surface area contributed by atoms with E-state index in [4.69, 9.17) is 0 Å². The highest BCUT2D eigenvalue weighted by Crippen LogP contribution is 2.42. The summed E-state index contributed by atoms with van der Waals surface area (Å²) in [6.07, 6.45) is 6.24. The molecule has 2 saturated carbocycles. The zero-order chi connectivity index (χ0) is 16.9. The SMILES string of the molecule is CNc1nnc(C)s1.O=Cc1cccc(C2CC2NC2CCC2)c1. The Balaban J connectivity index is 0.000000179. The summed E-state index contributed by atoms with van der Waals surface area (Å²) in [5, 5.41) is 16.0. The fourth-order valence-electron chi connectivity index (χ4n) is 2.89. The molecule has 2 N–H and O–H groups in total. The quantitative estimate of drug-likeness (QED) is 0.814. The first-order valence-electron chi connectivity index (χ1n) is 8.48. The molecule has 4 rings (SSSR count). The van der Waals surface area contributed by atoms with Crippen molar-refractivity contribution >= 4 is 22.8 Å². The standard InChI is InChI=1S/C14H17NO.C4H7N3S/c16-9-10-3-1-4-11(7-10)13-8-14(13)15-12-5-2-6-12;1-3-6-7-4(5-2)8-3/h1,3-4,7,9,12-15H,2,5-6,8H2;1-2H3,(H,5,7). The number of aryl methyl sites for hydroxylation is 1. The second kappa shape index (κ2) is 7.85. The number of nitrogens with one attached hydrogen (secondary N) is 2. The molecule has 0 spiro atoms. The van der Waals surface area contributed by atoms with Crippen LogP contribution in [-0.2, 0) is 0 Å². The third-order valence-electron chi connectivity index (χ3n) is 4.56. The molecule has 5 nitrogen and oxygen atoms in total. The minimum absolute atomic E-state index is 0.639. The number of nitrogens with zero attached hydrogens (tertiary/aromatic N) is 2. The number of anilines is 1. The van der Waals surface area contributed by atoms with Gasteiger partial charge in [0.25, 0.3) is 0 Å². The maximum absolute atomic E-state index is 10.7. The average Bonchev–Trinajstić information content (AvgIpc) is 3.23. The average molecular weight is 344 g/mol. The van der Waals surface area contributed by atoms with Crippen molar-refractivity contribution in [3.8, 4) is 0 Å². The second-order valence-electron chi connectivity index (χ2n) is 6.41. The van der Waals surface area contributed by atoms with E-state index in [0.717, 1.165) is 28.0 Å². The van der Waals surface area contributed by atoms with Crippen LogP contribution in [0.15, 0.2) is 24.3 Å². The lowest BCUT2D eigenvalue weighted by Gasteiger charge is -2.26. The fourth-order valence-corrected chi connectivity index (χ4v) is 3.43. The Morgan fingerprint density at radius 1 is 1.29 bits per heavy atom. The molecule has 2 aliphatic carbocycles. The summed E-state index contributed by atoms with van der Waals surface area (Å²) < 4.78 is 0. The zero-order valence-corrected chi connectivity index (χ0v) is 15.0. The smallest absolute Gasteiger partial charge is 0.205 e. The summed E-state index contributed by atoms with van der Waals surface area (Å²) in [5.41, 5.74) is 2.12. The van der Waals surface area contributed by atoms with E-state index < -0.39 is 0 Å². The van der Waals surface area contributed by atoms with Crippen LogP contribution in [0.5, 0.6) is 0 Å². The Morgan fingerprint density at radius 3 is 2.67 bits per heavy atom. The van der Waals surface area contributed by atoms with Crippen LogP contribution in [0.3, 0.4) is 0 Å². The lowest BCUT2D eigenvalue weighted by molar-refractivity contribution is 0.112. The monoisotopic (exact) mass is 344 g/mol. The Kier molecular flexibility index (Phi) is 5.58. The Morgan fingerprint density at radius 2 is 2.12 bits per heavy atom. The molecule has 2 atom stereocenters. The van der Waals surface area contributed by atoms with Crippen molar-refractivity contribution < 1.29 is 4.79 Å². The summed E-state index contributed by atoms with van der Waals surface area (Å²) in [7, 11) is 1.83. The number of hydrogen-bond acceptors (Lipinski definition) is 6. The van der Waals surface area contributed by atoms with Crippen LogP contribution < -0.4 is 10.6 Å². The van der Waals surface area contributed by atoms with E-state index >= 15 is 0 Å². The van der Waals surface area contributed by atoms with Crippen LogP contribution in [0.4, 0.5) is 5.13 Å². The summed E-state index contributed by atoms with van der Waals surface area (Å²) in [6.45, 7) is 1.93. The molecule has 1 aromatic carbocycles. The Hall–Kier alpha value is -1.79. The number of hydrogen-bond donors (Lipinski definition) is 2. The molecule has 1 heterocycles. The number of aromatic nitrogens is 2. The van der Waals surface area contributed by atoms with E-state index in [1.54, 1.807) is 11.3 Å². The van der Waals surface area contributed by atoms with Gasteiger partial charge < -0.3 is 10.6 Å². The largest absolute Gasteiger partial charge is 0.363 e. The molecule has 24 heavy (non-hydrogen) atoms. The van der Waals surface area contributed by atoms with Gasteiger partial charge in [-0.05, 0) is 37.8 Å². The van der Waals surface area contributed by atoms with Crippen LogP contribution in [0.25, 0.3) is 0 Å². The van der Waals surface area contributed by atoms with Crippen LogP contribution in [0.2, 0.25) is 0 Å². The molecule has 0 bridgehead atoms. The van der Waals surface area contributed by atoms with Crippen LogP contribution >= 0.6 is 11.3 Å². The summed E-state index contributed by atoms with van der Waals surface area (Å²) >= 11 is 1.55. The molecule has 0 amide bonds. The van der Waals surface area contributed by atoms with Crippen molar-refractivity contribution in [3.63, 3.8) is 0 Å². The van der Waals surface area contributed by atoms with Crippen molar-refractivity contribution in [1.29, 1.82) is 0 Å². The van der Waals surface area contributed by atoms with Gasteiger partial charge >= 0.3 is 0 Å². The first kappa shape index (κ1) is 17.0. The Bertz CT molecular complexity index is 683. The van der Waals surface area contributed by atoms with E-state index in [-0.39, 0.29) is 0 Å². The highest BCUT2D eigenvalue weighted by atomic mass is 32.1. The molecular weight excluding hydrogens is 320 g/mol. The number of benzene rings is 1. The third kappa shape index (κ3) is 4.39. The van der Waals surface area contributed by atoms with Crippen LogP contribution in [-0.4, -0.2) is 35.6 Å². The predicted molar refractivity (Wildman–Crippen MR) is 97.9 cm³/mol. The van der Waals surface area contributed by atoms with E-state index in [1.807, 2.05) is 32.2 Å². The topological polar surface area (TPSA) is 66.9 Å². The molecule has 2 aromatic rings. The molecule has 0 saturated heterocycles. The number of aldehydes is 1. The van der Waals surface area contributed by atoms with Crippen molar-refractivity contribution in [1.82, 2.24) is 15.5 Å². The van der Waals surface area contributed by atoms with Gasteiger partial charge in [0, 0.05) is 30.6 Å². The molecule has 6 heteroatoms. The molecule has 2 unspecified atom stereocenters. The zero-order valence-electron chi connectivity index (χ0n) is 14.2. The molecule has 2 fully saturated rings. The summed E-state index contributed by atoms with van der Waals surface area (Å²) in [5.74, 6) is 0.639. The second-order valence-corrected chi connectivity index (χ2v) is 7.59. The molecule has 128 valence electrons. The van der Waals surface area contributed by atoms with E-state index in [9.17, 15) is 4.79 Å². The highest BCUT2D eigenvalue weighted by molar-refractivity contribution is 7.15. The number of carbonyl (C=O) groups excluding carboxylic acids is 1. The number of rotatable bonds is 5. The van der Waals surface area contributed by atoms with Crippen molar-refractivity contribution in [2.75, 3.05) is 12.4 Å². The highest BCUT2D eigenvalue weighted by Gasteiger charge is 2.40. The first-order valence-corrected chi connectivity index (χ1v) is 9.30. The van der Waals surface area contributed by atoms with Gasteiger partial charge in [0.15, 0.2) is 0 Å². The summed E-state index contributed by atoms with van der Waals surface area (Å²) in [4.78, 5) is 10.7. The van der Waals surface area contributed by atoms with Gasteiger partial charge in [-0.15, -0.1) is 10.2 Å². The van der Waals surface area contributed by atoms with E-state index in [1.165, 1.54) is 31.2 Å². The molecule has 0 radical (unpaired) electrons. The van der Waals surface area contributed by atoms with Gasteiger partial charge in [-0.3, -0.25) is 4.79 Å².